The second-order valence-corrected chi connectivity index (χ2v) is 5.87. The molecule has 2 aromatic rings. The molecule has 0 spiro atoms. The number of carbonyl (C=O) groups is 1. The predicted octanol–water partition coefficient (Wildman–Crippen LogP) is 3.29. The SMILES string of the molecule is CC(C)OC(=O)CN(Cc1ccco1)Cc1cccs1. The van der Waals surface area contributed by atoms with Crippen LogP contribution in [0.2, 0.25) is 0 Å². The topological polar surface area (TPSA) is 42.7 Å². The maximum absolute atomic E-state index is 11.8. The average molecular weight is 293 g/mol. The van der Waals surface area contributed by atoms with Crippen LogP contribution in [0, 0.1) is 0 Å². The Morgan fingerprint density at radius 2 is 2.20 bits per heavy atom. The number of carbonyl (C=O) groups excluding carboxylic acids is 1. The molecule has 0 amide bonds. The molecule has 0 radical (unpaired) electrons. The van der Waals surface area contributed by atoms with Crippen LogP contribution in [0.3, 0.4) is 0 Å². The Bertz CT molecular complexity index is 469. The van der Waals surface area contributed by atoms with Crippen molar-refractivity contribution in [1.29, 1.82) is 0 Å². The molecule has 0 saturated heterocycles. The molecule has 0 unspecified atom stereocenters. The van der Waals surface area contributed by atoms with E-state index in [2.05, 4.69) is 6.07 Å². The molecule has 0 aromatic carbocycles. The van der Waals surface area contributed by atoms with Gasteiger partial charge in [0.2, 0.25) is 0 Å². The summed E-state index contributed by atoms with van der Waals surface area (Å²) in [6.07, 6.45) is 1.56. The third kappa shape index (κ3) is 4.83. The van der Waals surface area contributed by atoms with E-state index in [0.717, 1.165) is 5.76 Å². The first-order chi connectivity index (χ1) is 9.63. The van der Waals surface area contributed by atoms with Gasteiger partial charge in [0, 0.05) is 11.4 Å². The number of thiophene rings is 1. The first kappa shape index (κ1) is 14.8. The molecule has 0 aliphatic carbocycles. The van der Waals surface area contributed by atoms with Gasteiger partial charge in [0.1, 0.15) is 5.76 Å². The fourth-order valence-corrected chi connectivity index (χ4v) is 2.64. The molecule has 5 heteroatoms. The standard InChI is InChI=1S/C15H19NO3S/c1-12(2)19-15(17)11-16(9-13-5-3-7-18-13)10-14-6-4-8-20-14/h3-8,12H,9-11H2,1-2H3. The van der Waals surface area contributed by atoms with Gasteiger partial charge in [0.25, 0.3) is 0 Å². The number of nitrogens with zero attached hydrogens (tertiary/aromatic N) is 1. The lowest BCUT2D eigenvalue weighted by Crippen LogP contribution is -2.31. The molecule has 20 heavy (non-hydrogen) atoms. The van der Waals surface area contributed by atoms with Crippen molar-refractivity contribution < 1.29 is 13.9 Å². The summed E-state index contributed by atoms with van der Waals surface area (Å²) in [7, 11) is 0. The van der Waals surface area contributed by atoms with E-state index in [-0.39, 0.29) is 18.6 Å². The van der Waals surface area contributed by atoms with Gasteiger partial charge in [-0.15, -0.1) is 11.3 Å². The summed E-state index contributed by atoms with van der Waals surface area (Å²) < 4.78 is 10.6. The van der Waals surface area contributed by atoms with E-state index in [1.807, 2.05) is 42.3 Å². The highest BCUT2D eigenvalue weighted by Crippen LogP contribution is 2.14. The lowest BCUT2D eigenvalue weighted by Gasteiger charge is -2.20. The number of furan rings is 1. The zero-order chi connectivity index (χ0) is 14.4. The molecule has 2 heterocycles. The van der Waals surface area contributed by atoms with Crippen molar-refractivity contribution in [3.05, 3.63) is 46.5 Å². The van der Waals surface area contributed by atoms with Crippen molar-refractivity contribution in [3.8, 4) is 0 Å². The van der Waals surface area contributed by atoms with Gasteiger partial charge in [-0.3, -0.25) is 9.69 Å². The number of esters is 1. The highest BCUT2D eigenvalue weighted by molar-refractivity contribution is 7.09. The van der Waals surface area contributed by atoms with Crippen molar-refractivity contribution in [3.63, 3.8) is 0 Å². The van der Waals surface area contributed by atoms with Crippen molar-refractivity contribution in [2.45, 2.75) is 33.0 Å². The van der Waals surface area contributed by atoms with Crippen molar-refractivity contribution in [2.75, 3.05) is 6.54 Å². The van der Waals surface area contributed by atoms with Crippen molar-refractivity contribution >= 4 is 17.3 Å². The van der Waals surface area contributed by atoms with Crippen LogP contribution in [0.25, 0.3) is 0 Å². The second kappa shape index (κ2) is 7.26. The molecular weight excluding hydrogens is 274 g/mol. The van der Waals surface area contributed by atoms with E-state index >= 15 is 0 Å². The fraction of sp³-hybridized carbons (Fsp3) is 0.400. The van der Waals surface area contributed by atoms with E-state index < -0.39 is 0 Å². The first-order valence-corrected chi connectivity index (χ1v) is 7.48. The van der Waals surface area contributed by atoms with Crippen LogP contribution in [0.5, 0.6) is 0 Å². The normalized spacial score (nSPS) is 11.2. The van der Waals surface area contributed by atoms with Crippen molar-refractivity contribution in [2.24, 2.45) is 0 Å². The molecule has 0 N–H and O–H groups in total. The Labute approximate surface area is 123 Å². The summed E-state index contributed by atoms with van der Waals surface area (Å²) in [5.74, 6) is 0.641. The van der Waals surface area contributed by atoms with Crippen LogP contribution in [0.1, 0.15) is 24.5 Å². The Hall–Kier alpha value is -1.59. The van der Waals surface area contributed by atoms with Gasteiger partial charge >= 0.3 is 5.97 Å². The highest BCUT2D eigenvalue weighted by atomic mass is 32.1. The van der Waals surface area contributed by atoms with Crippen LogP contribution in [0.4, 0.5) is 0 Å². The minimum Gasteiger partial charge on any atom is -0.468 e. The van der Waals surface area contributed by atoms with Crippen LogP contribution in [-0.2, 0) is 22.6 Å². The lowest BCUT2D eigenvalue weighted by atomic mass is 10.3. The molecule has 2 rings (SSSR count). The Morgan fingerprint density at radius 3 is 2.80 bits per heavy atom. The van der Waals surface area contributed by atoms with E-state index in [1.54, 1.807) is 17.6 Å². The number of ether oxygens (including phenoxy) is 1. The molecule has 0 aliphatic heterocycles. The average Bonchev–Trinajstić information content (AvgIpc) is 3.00. The lowest BCUT2D eigenvalue weighted by molar-refractivity contribution is -0.149. The summed E-state index contributed by atoms with van der Waals surface area (Å²) in [5, 5.41) is 2.03. The predicted molar refractivity (Wildman–Crippen MR) is 78.4 cm³/mol. The van der Waals surface area contributed by atoms with E-state index in [4.69, 9.17) is 9.15 Å². The maximum Gasteiger partial charge on any atom is 0.320 e. The Kier molecular flexibility index (Phi) is 5.38. The Morgan fingerprint density at radius 1 is 1.35 bits per heavy atom. The van der Waals surface area contributed by atoms with Crippen LogP contribution < -0.4 is 0 Å². The summed E-state index contributed by atoms with van der Waals surface area (Å²) in [6.45, 7) is 5.28. The van der Waals surface area contributed by atoms with Gasteiger partial charge in [0.15, 0.2) is 0 Å². The molecule has 0 atom stereocenters. The Balaban J connectivity index is 1.97. The van der Waals surface area contributed by atoms with E-state index in [1.165, 1.54) is 4.88 Å². The third-order valence-electron chi connectivity index (χ3n) is 2.64. The largest absolute Gasteiger partial charge is 0.468 e. The fourth-order valence-electron chi connectivity index (χ4n) is 1.90. The molecule has 2 aromatic heterocycles. The summed E-state index contributed by atoms with van der Waals surface area (Å²) >= 11 is 1.68. The monoisotopic (exact) mass is 293 g/mol. The zero-order valence-corrected chi connectivity index (χ0v) is 12.6. The van der Waals surface area contributed by atoms with Crippen molar-refractivity contribution in [1.82, 2.24) is 4.90 Å². The van der Waals surface area contributed by atoms with Crippen LogP contribution in [0.15, 0.2) is 40.3 Å². The van der Waals surface area contributed by atoms with E-state index in [0.29, 0.717) is 13.1 Å². The van der Waals surface area contributed by atoms with Gasteiger partial charge in [-0.1, -0.05) is 6.07 Å². The molecule has 108 valence electrons. The zero-order valence-electron chi connectivity index (χ0n) is 11.7. The first-order valence-electron chi connectivity index (χ1n) is 6.60. The third-order valence-corrected chi connectivity index (χ3v) is 3.50. The van der Waals surface area contributed by atoms with Gasteiger partial charge in [-0.25, -0.2) is 0 Å². The smallest absolute Gasteiger partial charge is 0.320 e. The minimum atomic E-state index is -0.205. The number of rotatable bonds is 7. The summed E-state index contributed by atoms with van der Waals surface area (Å²) in [5.41, 5.74) is 0. The number of hydrogen-bond donors (Lipinski definition) is 0. The molecule has 0 saturated carbocycles. The molecule has 0 bridgehead atoms. The van der Waals surface area contributed by atoms with Crippen LogP contribution in [-0.4, -0.2) is 23.5 Å². The highest BCUT2D eigenvalue weighted by Gasteiger charge is 2.15. The van der Waals surface area contributed by atoms with Crippen LogP contribution >= 0.6 is 11.3 Å². The van der Waals surface area contributed by atoms with E-state index in [9.17, 15) is 4.79 Å². The van der Waals surface area contributed by atoms with Gasteiger partial charge in [-0.2, -0.15) is 0 Å². The van der Waals surface area contributed by atoms with Gasteiger partial charge in [-0.05, 0) is 37.4 Å². The molecule has 4 nitrogen and oxygen atoms in total. The summed E-state index contributed by atoms with van der Waals surface area (Å²) in [4.78, 5) is 15.1. The summed E-state index contributed by atoms with van der Waals surface area (Å²) in [6, 6.07) is 7.84. The molecular formula is C15H19NO3S. The molecule has 0 fully saturated rings. The molecule has 0 aliphatic rings. The second-order valence-electron chi connectivity index (χ2n) is 4.84. The van der Waals surface area contributed by atoms with Gasteiger partial charge in [0.05, 0.1) is 25.5 Å². The maximum atomic E-state index is 11.8. The minimum absolute atomic E-state index is 0.0882. The quantitative estimate of drug-likeness (QED) is 0.735. The number of hydrogen-bond acceptors (Lipinski definition) is 5. The van der Waals surface area contributed by atoms with Gasteiger partial charge < -0.3 is 9.15 Å².